The van der Waals surface area contributed by atoms with E-state index in [0.717, 1.165) is 22.8 Å². The molecule has 0 saturated carbocycles. The molecule has 1 aromatic rings. The first-order chi connectivity index (χ1) is 5.22. The molecule has 0 spiro atoms. The Balaban J connectivity index is 2.89. The van der Waals surface area contributed by atoms with Gasteiger partial charge in [-0.25, -0.2) is 0 Å². The maximum atomic E-state index is 5.84. The third-order valence-corrected chi connectivity index (χ3v) is 1.96. The first-order valence-electron chi connectivity index (χ1n) is 3.71. The third kappa shape index (κ3) is 2.76. The van der Waals surface area contributed by atoms with Crippen LogP contribution in [0.1, 0.15) is 18.9 Å². The van der Waals surface area contributed by atoms with Gasteiger partial charge in [-0.3, -0.25) is 0 Å². The number of halogens is 1. The summed E-state index contributed by atoms with van der Waals surface area (Å²) in [6.07, 6.45) is 2.22. The number of hydrogen-bond acceptors (Lipinski definition) is 1. The summed E-state index contributed by atoms with van der Waals surface area (Å²) < 4.78 is 0. The topological polar surface area (TPSA) is 0 Å². The van der Waals surface area contributed by atoms with E-state index in [4.69, 9.17) is 11.6 Å². The Morgan fingerprint density at radius 2 is 2.09 bits per heavy atom. The molecular formula is C9H11ClS. The van der Waals surface area contributed by atoms with Crippen LogP contribution in [0.25, 0.3) is 0 Å². The van der Waals surface area contributed by atoms with Crippen LogP contribution in [-0.4, -0.2) is 0 Å². The first-order valence-corrected chi connectivity index (χ1v) is 4.53. The molecular weight excluding hydrogens is 176 g/mol. The van der Waals surface area contributed by atoms with Crippen molar-refractivity contribution >= 4 is 24.2 Å². The van der Waals surface area contributed by atoms with E-state index in [9.17, 15) is 0 Å². The van der Waals surface area contributed by atoms with Crippen molar-refractivity contribution in [1.29, 1.82) is 0 Å². The Hall–Kier alpha value is -0.140. The molecule has 0 bridgehead atoms. The molecule has 0 fully saturated rings. The van der Waals surface area contributed by atoms with Gasteiger partial charge >= 0.3 is 0 Å². The van der Waals surface area contributed by atoms with Crippen molar-refractivity contribution in [2.45, 2.75) is 24.7 Å². The molecule has 0 heterocycles. The standard InChI is InChI=1S/C9H11ClS/c1-2-3-7-4-8(10)6-9(11)5-7/h4-6,11H,2-3H2,1H3. The smallest absolute Gasteiger partial charge is 0.0419 e. The maximum Gasteiger partial charge on any atom is 0.0419 e. The predicted molar refractivity (Wildman–Crippen MR) is 52.7 cm³/mol. The Labute approximate surface area is 78.0 Å². The third-order valence-electron chi connectivity index (χ3n) is 1.48. The molecule has 0 nitrogen and oxygen atoms in total. The zero-order chi connectivity index (χ0) is 8.27. The molecule has 0 aliphatic heterocycles. The summed E-state index contributed by atoms with van der Waals surface area (Å²) >= 11 is 10.1. The van der Waals surface area contributed by atoms with Crippen LogP contribution in [0.4, 0.5) is 0 Å². The molecule has 0 aliphatic carbocycles. The van der Waals surface area contributed by atoms with Gasteiger partial charge in [-0.05, 0) is 30.2 Å². The lowest BCUT2D eigenvalue weighted by Crippen LogP contribution is -1.82. The van der Waals surface area contributed by atoms with Gasteiger partial charge in [0.1, 0.15) is 0 Å². The van der Waals surface area contributed by atoms with Crippen LogP contribution >= 0.6 is 24.2 Å². The molecule has 2 heteroatoms. The molecule has 1 aromatic carbocycles. The minimum atomic E-state index is 0.779. The lowest BCUT2D eigenvalue weighted by atomic mass is 10.1. The van der Waals surface area contributed by atoms with Gasteiger partial charge in [-0.15, -0.1) is 12.6 Å². The molecule has 0 saturated heterocycles. The average Bonchev–Trinajstić information content (AvgIpc) is 1.85. The summed E-state index contributed by atoms with van der Waals surface area (Å²) in [7, 11) is 0. The van der Waals surface area contributed by atoms with Crippen LogP contribution in [0.3, 0.4) is 0 Å². The van der Waals surface area contributed by atoms with Crippen LogP contribution in [0.2, 0.25) is 5.02 Å². The van der Waals surface area contributed by atoms with E-state index in [2.05, 4.69) is 25.6 Å². The molecule has 0 unspecified atom stereocenters. The van der Waals surface area contributed by atoms with Crippen molar-refractivity contribution in [2.24, 2.45) is 0 Å². The molecule has 11 heavy (non-hydrogen) atoms. The van der Waals surface area contributed by atoms with Crippen molar-refractivity contribution < 1.29 is 0 Å². The highest BCUT2D eigenvalue weighted by atomic mass is 35.5. The number of hydrogen-bond donors (Lipinski definition) is 1. The van der Waals surface area contributed by atoms with Crippen molar-refractivity contribution in [3.05, 3.63) is 28.8 Å². The number of thiol groups is 1. The van der Waals surface area contributed by atoms with Crippen LogP contribution in [0.5, 0.6) is 0 Å². The first kappa shape index (κ1) is 8.95. The summed E-state index contributed by atoms with van der Waals surface area (Å²) in [5, 5.41) is 0.779. The highest BCUT2D eigenvalue weighted by Crippen LogP contribution is 2.18. The fraction of sp³-hybridized carbons (Fsp3) is 0.333. The van der Waals surface area contributed by atoms with Gasteiger partial charge in [0.2, 0.25) is 0 Å². The second-order valence-electron chi connectivity index (χ2n) is 2.57. The van der Waals surface area contributed by atoms with Crippen molar-refractivity contribution in [3.63, 3.8) is 0 Å². The Morgan fingerprint density at radius 3 is 2.64 bits per heavy atom. The van der Waals surface area contributed by atoms with Gasteiger partial charge in [-0.1, -0.05) is 24.9 Å². The minimum Gasteiger partial charge on any atom is -0.143 e. The van der Waals surface area contributed by atoms with E-state index in [1.807, 2.05) is 12.1 Å². The number of aryl methyl sites for hydroxylation is 1. The molecule has 0 aromatic heterocycles. The van der Waals surface area contributed by atoms with Crippen molar-refractivity contribution in [2.75, 3.05) is 0 Å². The fourth-order valence-corrected chi connectivity index (χ4v) is 1.71. The summed E-state index contributed by atoms with van der Waals surface area (Å²) in [4.78, 5) is 0.945. The van der Waals surface area contributed by atoms with Gasteiger partial charge in [0, 0.05) is 9.92 Å². The lowest BCUT2D eigenvalue weighted by molar-refractivity contribution is 0.918. The zero-order valence-corrected chi connectivity index (χ0v) is 8.12. The van der Waals surface area contributed by atoms with Crippen LogP contribution in [-0.2, 0) is 6.42 Å². The molecule has 0 atom stereocenters. The number of rotatable bonds is 2. The maximum absolute atomic E-state index is 5.84. The lowest BCUT2D eigenvalue weighted by Gasteiger charge is -2.00. The second kappa shape index (κ2) is 4.03. The Morgan fingerprint density at radius 1 is 1.36 bits per heavy atom. The molecule has 1 rings (SSSR count). The molecule has 0 aliphatic rings. The molecule has 0 amide bonds. The highest BCUT2D eigenvalue weighted by Gasteiger charge is 1.95. The van der Waals surface area contributed by atoms with Crippen LogP contribution < -0.4 is 0 Å². The quantitative estimate of drug-likeness (QED) is 0.671. The van der Waals surface area contributed by atoms with E-state index >= 15 is 0 Å². The van der Waals surface area contributed by atoms with Gasteiger partial charge in [0.15, 0.2) is 0 Å². The minimum absolute atomic E-state index is 0.779. The molecule has 60 valence electrons. The number of benzene rings is 1. The van der Waals surface area contributed by atoms with Gasteiger partial charge in [-0.2, -0.15) is 0 Å². The largest absolute Gasteiger partial charge is 0.143 e. The van der Waals surface area contributed by atoms with Crippen molar-refractivity contribution in [3.8, 4) is 0 Å². The monoisotopic (exact) mass is 186 g/mol. The van der Waals surface area contributed by atoms with Gasteiger partial charge < -0.3 is 0 Å². The normalized spacial score (nSPS) is 10.1. The summed E-state index contributed by atoms with van der Waals surface area (Å²) in [5.41, 5.74) is 1.27. The Kier molecular flexibility index (Phi) is 3.28. The second-order valence-corrected chi connectivity index (χ2v) is 3.52. The van der Waals surface area contributed by atoms with E-state index in [-0.39, 0.29) is 0 Å². The average molecular weight is 187 g/mol. The van der Waals surface area contributed by atoms with Crippen LogP contribution in [0.15, 0.2) is 23.1 Å². The van der Waals surface area contributed by atoms with E-state index < -0.39 is 0 Å². The summed E-state index contributed by atoms with van der Waals surface area (Å²) in [6.45, 7) is 2.15. The Bertz CT molecular complexity index is 225. The predicted octanol–water partition coefficient (Wildman–Crippen LogP) is 3.58. The van der Waals surface area contributed by atoms with E-state index in [1.54, 1.807) is 0 Å². The zero-order valence-electron chi connectivity index (χ0n) is 6.47. The van der Waals surface area contributed by atoms with Crippen LogP contribution in [0, 0.1) is 0 Å². The van der Waals surface area contributed by atoms with Crippen molar-refractivity contribution in [1.82, 2.24) is 0 Å². The van der Waals surface area contributed by atoms with E-state index in [1.165, 1.54) is 5.56 Å². The molecule has 0 N–H and O–H groups in total. The fourth-order valence-electron chi connectivity index (χ4n) is 1.07. The van der Waals surface area contributed by atoms with Gasteiger partial charge in [0.05, 0.1) is 0 Å². The van der Waals surface area contributed by atoms with E-state index in [0.29, 0.717) is 0 Å². The van der Waals surface area contributed by atoms with Gasteiger partial charge in [0.25, 0.3) is 0 Å². The SMILES string of the molecule is CCCc1cc(S)cc(Cl)c1. The highest BCUT2D eigenvalue weighted by molar-refractivity contribution is 7.80. The molecule has 0 radical (unpaired) electrons. The summed E-state index contributed by atoms with van der Waals surface area (Å²) in [6, 6.07) is 5.90. The summed E-state index contributed by atoms with van der Waals surface area (Å²) in [5.74, 6) is 0.